The summed E-state index contributed by atoms with van der Waals surface area (Å²) in [6.07, 6.45) is 6.76. The van der Waals surface area contributed by atoms with Gasteiger partial charge in [0.15, 0.2) is 14.5 Å². The largest absolute Gasteiger partial charge is 0.393 e. The van der Waals surface area contributed by atoms with Gasteiger partial charge >= 0.3 is 11.4 Å². The van der Waals surface area contributed by atoms with E-state index < -0.39 is 25.9 Å². The zero-order valence-electron chi connectivity index (χ0n) is 20.6. The van der Waals surface area contributed by atoms with E-state index in [1.807, 2.05) is 54.6 Å². The van der Waals surface area contributed by atoms with Gasteiger partial charge in [-0.1, -0.05) is 75.4 Å². The molecule has 3 aromatic rings. The fourth-order valence-electron chi connectivity index (χ4n) is 3.80. The van der Waals surface area contributed by atoms with Crippen LogP contribution in [0.3, 0.4) is 0 Å². The van der Waals surface area contributed by atoms with E-state index in [-0.39, 0.29) is 5.04 Å². The van der Waals surface area contributed by atoms with Gasteiger partial charge in [-0.2, -0.15) is 9.36 Å². The molecule has 1 aliphatic heterocycles. The maximum absolute atomic E-state index is 13.6. The molecular formula is C27H33N3O3Si. The van der Waals surface area contributed by atoms with Crippen molar-refractivity contribution in [2.45, 2.75) is 58.0 Å². The first-order chi connectivity index (χ1) is 16.1. The van der Waals surface area contributed by atoms with E-state index in [1.165, 1.54) is 19.5 Å². The van der Waals surface area contributed by atoms with Gasteiger partial charge in [0.05, 0.1) is 11.4 Å². The minimum Gasteiger partial charge on any atom is -0.393 e. The maximum atomic E-state index is 13.6. The molecule has 0 fully saturated rings. The first-order valence-electron chi connectivity index (χ1n) is 11.7. The third-order valence-electron chi connectivity index (χ3n) is 6.76. The Hall–Kier alpha value is -3.16. The molecule has 4 rings (SSSR count). The molecule has 1 atom stereocenters. The summed E-state index contributed by atoms with van der Waals surface area (Å²) >= 11 is 0. The van der Waals surface area contributed by atoms with Gasteiger partial charge in [-0.25, -0.2) is 14.2 Å². The van der Waals surface area contributed by atoms with Gasteiger partial charge in [-0.15, -0.1) is 0 Å². The van der Waals surface area contributed by atoms with Crippen molar-refractivity contribution < 1.29 is 4.43 Å². The van der Waals surface area contributed by atoms with E-state index in [4.69, 9.17) is 4.43 Å². The second-order valence-electron chi connectivity index (χ2n) is 10.2. The van der Waals surface area contributed by atoms with Crippen molar-refractivity contribution in [3.05, 3.63) is 105 Å². The summed E-state index contributed by atoms with van der Waals surface area (Å²) in [5.74, 6) is 0. The molecule has 0 radical (unpaired) electrons. The molecule has 2 aromatic carbocycles. The topological polar surface area (TPSA) is 58.2 Å². The number of benzene rings is 2. The SMILES string of the molecule is CC(C)(C)[Si](C)(C)OC1C=C/C(=C\CCc2ccccc2)n2c(=O)n(-c3ccccc3)c(=O)n21. The van der Waals surface area contributed by atoms with E-state index in [9.17, 15) is 9.59 Å². The Morgan fingerprint density at radius 1 is 0.941 bits per heavy atom. The Bertz CT molecular complexity index is 1320. The fourth-order valence-corrected chi connectivity index (χ4v) is 4.93. The highest BCUT2D eigenvalue weighted by Crippen LogP contribution is 2.39. The van der Waals surface area contributed by atoms with Crippen LogP contribution in [0.1, 0.15) is 39.0 Å². The van der Waals surface area contributed by atoms with Crippen LogP contribution in [0.25, 0.3) is 11.4 Å². The lowest BCUT2D eigenvalue weighted by Crippen LogP contribution is -2.45. The van der Waals surface area contributed by atoms with Crippen molar-refractivity contribution in [3.63, 3.8) is 0 Å². The summed E-state index contributed by atoms with van der Waals surface area (Å²) in [6, 6.07) is 19.3. The van der Waals surface area contributed by atoms with Crippen molar-refractivity contribution in [3.8, 4) is 5.69 Å². The second kappa shape index (κ2) is 9.23. The van der Waals surface area contributed by atoms with E-state index in [0.717, 1.165) is 12.8 Å². The summed E-state index contributed by atoms with van der Waals surface area (Å²) in [5.41, 5.74) is 1.66. The molecule has 7 heteroatoms. The third-order valence-corrected chi connectivity index (χ3v) is 11.2. The predicted molar refractivity (Wildman–Crippen MR) is 140 cm³/mol. The smallest absolute Gasteiger partial charge is 0.356 e. The Balaban J connectivity index is 1.79. The Labute approximate surface area is 201 Å². The zero-order valence-corrected chi connectivity index (χ0v) is 21.6. The highest BCUT2D eigenvalue weighted by molar-refractivity contribution is 6.74. The maximum Gasteiger partial charge on any atom is 0.356 e. The van der Waals surface area contributed by atoms with E-state index in [1.54, 1.807) is 12.1 Å². The quantitative estimate of drug-likeness (QED) is 0.451. The molecule has 0 amide bonds. The van der Waals surface area contributed by atoms with Crippen LogP contribution < -0.4 is 11.4 Å². The Morgan fingerprint density at radius 2 is 1.56 bits per heavy atom. The van der Waals surface area contributed by atoms with Gasteiger partial charge in [0.2, 0.25) is 0 Å². The summed E-state index contributed by atoms with van der Waals surface area (Å²) < 4.78 is 10.7. The first-order valence-corrected chi connectivity index (χ1v) is 14.6. The van der Waals surface area contributed by atoms with Crippen molar-refractivity contribution >= 4 is 14.0 Å². The highest BCUT2D eigenvalue weighted by atomic mass is 28.4. The molecule has 6 nitrogen and oxygen atoms in total. The molecule has 0 spiro atoms. The summed E-state index contributed by atoms with van der Waals surface area (Å²) in [6.45, 7) is 10.8. The van der Waals surface area contributed by atoms with Crippen molar-refractivity contribution in [1.82, 2.24) is 13.9 Å². The average Bonchev–Trinajstić information content (AvgIpc) is 3.06. The van der Waals surface area contributed by atoms with Gasteiger partial charge in [0.1, 0.15) is 0 Å². The molecule has 1 unspecified atom stereocenters. The highest BCUT2D eigenvalue weighted by Gasteiger charge is 2.41. The number of fused-ring (bicyclic) bond motifs is 1. The summed E-state index contributed by atoms with van der Waals surface area (Å²) in [4.78, 5) is 27.2. The molecular weight excluding hydrogens is 442 g/mol. The molecule has 0 saturated heterocycles. The Kier molecular flexibility index (Phi) is 6.51. The lowest BCUT2D eigenvalue weighted by atomic mass is 10.1. The van der Waals surface area contributed by atoms with Crippen molar-refractivity contribution in [2.75, 3.05) is 0 Å². The fraction of sp³-hybridized carbons (Fsp3) is 0.333. The van der Waals surface area contributed by atoms with E-state index >= 15 is 0 Å². The number of rotatable bonds is 6. The van der Waals surface area contributed by atoms with Crippen LogP contribution in [0.15, 0.2) is 88.5 Å². The van der Waals surface area contributed by atoms with Gasteiger partial charge < -0.3 is 4.43 Å². The van der Waals surface area contributed by atoms with Gasteiger partial charge in [-0.3, -0.25) is 0 Å². The van der Waals surface area contributed by atoms with Crippen LogP contribution in [0.2, 0.25) is 18.1 Å². The number of hydrogen-bond donors (Lipinski definition) is 0. The standard InChI is InChI=1S/C27H33N3O3Si/c1-27(2,3)34(4,5)33-24-20-19-23(18-12-15-21-13-8-6-9-14-21)29-25(31)28(26(32)30(24)29)22-16-10-7-11-17-22/h6-11,13-14,16-20,24H,12,15H2,1-5H3/b23-18+. The number of aryl methyl sites for hydroxylation is 1. The van der Waals surface area contributed by atoms with Crippen LogP contribution in [-0.2, 0) is 10.8 Å². The molecule has 1 aliphatic rings. The lowest BCUT2D eigenvalue weighted by Gasteiger charge is -2.39. The second-order valence-corrected chi connectivity index (χ2v) is 14.9. The third kappa shape index (κ3) is 4.58. The van der Waals surface area contributed by atoms with Gasteiger partial charge in [-0.05, 0) is 60.8 Å². The monoisotopic (exact) mass is 475 g/mol. The molecule has 0 N–H and O–H groups in total. The van der Waals surface area contributed by atoms with Gasteiger partial charge in [0.25, 0.3) is 0 Å². The van der Waals surface area contributed by atoms with Crippen LogP contribution in [0.5, 0.6) is 0 Å². The predicted octanol–water partition coefficient (Wildman–Crippen LogP) is 5.36. The van der Waals surface area contributed by atoms with E-state index in [2.05, 4.69) is 46.0 Å². The van der Waals surface area contributed by atoms with Gasteiger partial charge in [0, 0.05) is 0 Å². The van der Waals surface area contributed by atoms with Crippen LogP contribution in [-0.4, -0.2) is 22.2 Å². The average molecular weight is 476 g/mol. The van der Waals surface area contributed by atoms with Crippen molar-refractivity contribution in [2.24, 2.45) is 0 Å². The molecule has 0 saturated carbocycles. The number of nitrogens with zero attached hydrogens (tertiary/aromatic N) is 3. The molecule has 0 bridgehead atoms. The summed E-state index contributed by atoms with van der Waals surface area (Å²) in [5, 5.41) is -0.0383. The molecule has 1 aromatic heterocycles. The zero-order chi connectivity index (χ0) is 24.5. The normalized spacial score (nSPS) is 17.2. The minimum absolute atomic E-state index is 0.0383. The molecule has 2 heterocycles. The van der Waals surface area contributed by atoms with Crippen molar-refractivity contribution in [1.29, 1.82) is 0 Å². The van der Waals surface area contributed by atoms with E-state index in [0.29, 0.717) is 11.4 Å². The lowest BCUT2D eigenvalue weighted by molar-refractivity contribution is 0.132. The van der Waals surface area contributed by atoms with Crippen LogP contribution in [0, 0.1) is 0 Å². The first kappa shape index (κ1) is 24.0. The Morgan fingerprint density at radius 3 is 2.18 bits per heavy atom. The molecule has 34 heavy (non-hydrogen) atoms. The number of allylic oxidation sites excluding steroid dienone is 3. The number of hydrogen-bond acceptors (Lipinski definition) is 3. The molecule has 0 aliphatic carbocycles. The summed E-state index contributed by atoms with van der Waals surface area (Å²) in [7, 11) is -2.22. The molecule has 178 valence electrons. The number of aromatic nitrogens is 3. The van der Waals surface area contributed by atoms with Crippen LogP contribution >= 0.6 is 0 Å². The number of para-hydroxylation sites is 1. The van der Waals surface area contributed by atoms with Crippen LogP contribution in [0.4, 0.5) is 0 Å². The minimum atomic E-state index is -2.22.